The van der Waals surface area contributed by atoms with Gasteiger partial charge in [0.25, 0.3) is 0 Å². The van der Waals surface area contributed by atoms with E-state index in [0.29, 0.717) is 24.3 Å². The molecule has 1 atom stereocenters. The van der Waals surface area contributed by atoms with Gasteiger partial charge >= 0.3 is 0 Å². The molecule has 0 amide bonds. The third-order valence-corrected chi connectivity index (χ3v) is 4.08. The maximum absolute atomic E-state index is 12.3. The Morgan fingerprint density at radius 3 is 2.90 bits per heavy atom. The van der Waals surface area contributed by atoms with Crippen LogP contribution >= 0.6 is 15.9 Å². The fourth-order valence-electron chi connectivity index (χ4n) is 2.61. The van der Waals surface area contributed by atoms with Crippen LogP contribution < -0.4 is 4.74 Å². The number of ketones is 1. The topological polar surface area (TPSA) is 35.5 Å². The maximum atomic E-state index is 12.3. The summed E-state index contributed by atoms with van der Waals surface area (Å²) in [6, 6.07) is 13.4. The minimum Gasteiger partial charge on any atom is -0.484 e. The fourth-order valence-corrected chi connectivity index (χ4v) is 2.95. The van der Waals surface area contributed by atoms with Gasteiger partial charge in [-0.25, -0.2) is 0 Å². The Morgan fingerprint density at radius 1 is 1.29 bits per heavy atom. The van der Waals surface area contributed by atoms with Crippen molar-refractivity contribution in [2.24, 2.45) is 0 Å². The largest absolute Gasteiger partial charge is 0.484 e. The molecular formula is C17H15BrO3. The van der Waals surface area contributed by atoms with Crippen molar-refractivity contribution in [2.75, 3.05) is 7.11 Å². The molecule has 3 rings (SSSR count). The lowest BCUT2D eigenvalue weighted by Crippen LogP contribution is -2.21. The lowest BCUT2D eigenvalue weighted by atomic mass is 9.94. The lowest BCUT2D eigenvalue weighted by molar-refractivity contribution is 0.0845. The zero-order chi connectivity index (χ0) is 14.8. The monoisotopic (exact) mass is 346 g/mol. The van der Waals surface area contributed by atoms with E-state index in [2.05, 4.69) is 15.9 Å². The molecule has 1 heterocycles. The predicted octanol–water partition coefficient (Wildman–Crippen LogP) is 4.30. The summed E-state index contributed by atoms with van der Waals surface area (Å²) >= 11 is 3.41. The number of rotatable bonds is 3. The molecule has 0 saturated heterocycles. The number of halogens is 1. The number of carbonyl (C=O) groups is 1. The van der Waals surface area contributed by atoms with Crippen molar-refractivity contribution in [1.82, 2.24) is 0 Å². The van der Waals surface area contributed by atoms with Crippen molar-refractivity contribution >= 4 is 21.7 Å². The van der Waals surface area contributed by atoms with Crippen molar-refractivity contribution in [3.05, 3.63) is 63.6 Å². The number of benzene rings is 2. The van der Waals surface area contributed by atoms with Gasteiger partial charge in [0.1, 0.15) is 11.9 Å². The Hall–Kier alpha value is -1.65. The molecule has 2 aromatic carbocycles. The van der Waals surface area contributed by atoms with Crippen LogP contribution in [0.15, 0.2) is 46.9 Å². The molecule has 0 bridgehead atoms. The number of carbonyl (C=O) groups excluding carboxylic acids is 1. The van der Waals surface area contributed by atoms with Gasteiger partial charge in [0.05, 0.1) is 18.6 Å². The Kier molecular flexibility index (Phi) is 4.08. The number of hydrogen-bond acceptors (Lipinski definition) is 3. The summed E-state index contributed by atoms with van der Waals surface area (Å²) in [7, 11) is 1.66. The Morgan fingerprint density at radius 2 is 2.10 bits per heavy atom. The summed E-state index contributed by atoms with van der Waals surface area (Å²) in [5.74, 6) is 0.749. The van der Waals surface area contributed by atoms with E-state index in [9.17, 15) is 4.79 Å². The molecular weight excluding hydrogens is 332 g/mol. The third kappa shape index (κ3) is 2.87. The van der Waals surface area contributed by atoms with E-state index in [1.807, 2.05) is 36.4 Å². The van der Waals surface area contributed by atoms with Crippen LogP contribution in [0.1, 0.15) is 34.0 Å². The van der Waals surface area contributed by atoms with Gasteiger partial charge in [-0.3, -0.25) is 4.79 Å². The summed E-state index contributed by atoms with van der Waals surface area (Å²) in [5, 5.41) is 0. The van der Waals surface area contributed by atoms with Crippen LogP contribution in [0.4, 0.5) is 0 Å². The fraction of sp³-hybridized carbons (Fsp3) is 0.235. The number of methoxy groups -OCH3 is 1. The molecule has 0 N–H and O–H groups in total. The number of Topliss-reactive ketones (excluding diaryl/α,β-unsaturated/α-hetero) is 1. The molecule has 0 radical (unpaired) electrons. The molecule has 2 aromatic rings. The van der Waals surface area contributed by atoms with Crippen molar-refractivity contribution < 1.29 is 14.3 Å². The van der Waals surface area contributed by atoms with Gasteiger partial charge in [-0.2, -0.15) is 0 Å². The van der Waals surface area contributed by atoms with E-state index in [0.717, 1.165) is 15.6 Å². The van der Waals surface area contributed by atoms with Crippen LogP contribution in [0.25, 0.3) is 0 Å². The number of fused-ring (bicyclic) bond motifs is 1. The summed E-state index contributed by atoms with van der Waals surface area (Å²) in [5.41, 5.74) is 2.72. The van der Waals surface area contributed by atoms with E-state index in [1.165, 1.54) is 0 Å². The van der Waals surface area contributed by atoms with Crippen LogP contribution in [0.2, 0.25) is 0 Å². The van der Waals surface area contributed by atoms with Gasteiger partial charge in [-0.15, -0.1) is 0 Å². The highest BCUT2D eigenvalue weighted by Crippen LogP contribution is 2.37. The molecule has 1 unspecified atom stereocenters. The Labute approximate surface area is 132 Å². The summed E-state index contributed by atoms with van der Waals surface area (Å²) < 4.78 is 12.2. The molecule has 1 aliphatic rings. The maximum Gasteiger partial charge on any atom is 0.170 e. The lowest BCUT2D eigenvalue weighted by Gasteiger charge is -2.27. The van der Waals surface area contributed by atoms with Gasteiger partial charge < -0.3 is 9.47 Å². The van der Waals surface area contributed by atoms with E-state index in [-0.39, 0.29) is 11.9 Å². The molecule has 3 nitrogen and oxygen atoms in total. The molecule has 1 aliphatic heterocycles. The Bertz CT molecular complexity index is 681. The third-order valence-electron chi connectivity index (χ3n) is 3.59. The van der Waals surface area contributed by atoms with E-state index >= 15 is 0 Å². The van der Waals surface area contributed by atoms with Crippen molar-refractivity contribution in [2.45, 2.75) is 19.1 Å². The number of hydrogen-bond donors (Lipinski definition) is 0. The second-order valence-electron chi connectivity index (χ2n) is 5.01. The zero-order valence-corrected chi connectivity index (χ0v) is 13.2. The molecule has 0 aromatic heterocycles. The normalized spacial score (nSPS) is 17.2. The van der Waals surface area contributed by atoms with Crippen molar-refractivity contribution in [1.29, 1.82) is 0 Å². The first-order chi connectivity index (χ1) is 10.2. The smallest absolute Gasteiger partial charge is 0.170 e. The summed E-state index contributed by atoms with van der Waals surface area (Å²) in [6.45, 7) is 0.509. The molecule has 0 spiro atoms. The molecule has 0 saturated carbocycles. The Balaban J connectivity index is 1.97. The van der Waals surface area contributed by atoms with Gasteiger partial charge in [0.15, 0.2) is 5.78 Å². The van der Waals surface area contributed by atoms with Crippen LogP contribution in [0.5, 0.6) is 5.75 Å². The van der Waals surface area contributed by atoms with Gasteiger partial charge in [-0.05, 0) is 29.3 Å². The van der Waals surface area contributed by atoms with Gasteiger partial charge in [0.2, 0.25) is 0 Å². The van der Waals surface area contributed by atoms with Crippen LogP contribution in [0, 0.1) is 0 Å². The first-order valence-electron chi connectivity index (χ1n) is 6.75. The second kappa shape index (κ2) is 6.00. The SMILES string of the molecule is COCc1ccccc1C1CC(=O)c2ccc(Br)cc2O1. The van der Waals surface area contributed by atoms with Gasteiger partial charge in [0, 0.05) is 11.6 Å². The predicted molar refractivity (Wildman–Crippen MR) is 83.6 cm³/mol. The first kappa shape index (κ1) is 14.3. The first-order valence-corrected chi connectivity index (χ1v) is 7.54. The van der Waals surface area contributed by atoms with Crippen molar-refractivity contribution in [3.8, 4) is 5.75 Å². The molecule has 21 heavy (non-hydrogen) atoms. The minimum absolute atomic E-state index is 0.112. The van der Waals surface area contributed by atoms with E-state index in [1.54, 1.807) is 13.2 Å². The quantitative estimate of drug-likeness (QED) is 0.830. The van der Waals surface area contributed by atoms with Crippen molar-refractivity contribution in [3.63, 3.8) is 0 Å². The number of ether oxygens (including phenoxy) is 2. The average molecular weight is 347 g/mol. The standard InChI is InChI=1S/C17H15BrO3/c1-20-10-11-4-2-3-5-13(11)17-9-15(19)14-7-6-12(18)8-16(14)21-17/h2-8,17H,9-10H2,1H3. The van der Waals surface area contributed by atoms with Crippen LogP contribution in [0.3, 0.4) is 0 Å². The second-order valence-corrected chi connectivity index (χ2v) is 5.92. The van der Waals surface area contributed by atoms with Crippen LogP contribution in [-0.2, 0) is 11.3 Å². The average Bonchev–Trinajstić information content (AvgIpc) is 2.47. The summed E-state index contributed by atoms with van der Waals surface area (Å²) in [6.07, 6.45) is 0.0979. The molecule has 0 fully saturated rings. The van der Waals surface area contributed by atoms with Crippen LogP contribution in [-0.4, -0.2) is 12.9 Å². The molecule has 4 heteroatoms. The van der Waals surface area contributed by atoms with E-state index < -0.39 is 0 Å². The minimum atomic E-state index is -0.259. The molecule has 108 valence electrons. The summed E-state index contributed by atoms with van der Waals surface area (Å²) in [4.78, 5) is 12.3. The van der Waals surface area contributed by atoms with Gasteiger partial charge in [-0.1, -0.05) is 40.2 Å². The van der Waals surface area contributed by atoms with E-state index in [4.69, 9.17) is 9.47 Å². The highest BCUT2D eigenvalue weighted by molar-refractivity contribution is 9.10. The highest BCUT2D eigenvalue weighted by atomic mass is 79.9. The zero-order valence-electron chi connectivity index (χ0n) is 11.6. The highest BCUT2D eigenvalue weighted by Gasteiger charge is 2.28. The molecule has 0 aliphatic carbocycles.